The Hall–Kier alpha value is -1.29. The van der Waals surface area contributed by atoms with Crippen molar-refractivity contribution in [3.05, 3.63) is 18.5 Å². The van der Waals surface area contributed by atoms with Crippen LogP contribution < -0.4 is 10.6 Å². The van der Waals surface area contributed by atoms with Crippen LogP contribution in [-0.2, 0) is 0 Å². The maximum absolute atomic E-state index is 6.03. The number of aromatic nitrogens is 1. The second kappa shape index (κ2) is 6.44. The van der Waals surface area contributed by atoms with Gasteiger partial charge >= 0.3 is 0 Å². The van der Waals surface area contributed by atoms with Crippen LogP contribution in [0.2, 0.25) is 0 Å². The molecule has 1 aromatic heterocycles. The molecule has 4 heteroatoms. The molecule has 0 amide bonds. The molecule has 2 aliphatic rings. The summed E-state index contributed by atoms with van der Waals surface area (Å²) >= 11 is 0. The zero-order chi connectivity index (χ0) is 13.8. The minimum Gasteiger partial charge on any atom is -0.396 e. The van der Waals surface area contributed by atoms with E-state index in [0.717, 1.165) is 30.5 Å². The second-order valence-electron chi connectivity index (χ2n) is 6.10. The monoisotopic (exact) mass is 274 g/mol. The van der Waals surface area contributed by atoms with Gasteiger partial charge in [-0.05, 0) is 18.9 Å². The molecule has 3 rings (SSSR count). The Labute approximate surface area is 122 Å². The predicted molar refractivity (Wildman–Crippen MR) is 83.9 cm³/mol. The van der Waals surface area contributed by atoms with Crippen LogP contribution >= 0.6 is 0 Å². The SMILES string of the molecule is Nc1cnccc1N1CCN(C2CCCCCC2)CC1. The van der Waals surface area contributed by atoms with Gasteiger partial charge in [0.05, 0.1) is 17.6 Å². The van der Waals surface area contributed by atoms with E-state index >= 15 is 0 Å². The molecule has 0 atom stereocenters. The van der Waals surface area contributed by atoms with Gasteiger partial charge in [0.25, 0.3) is 0 Å². The number of rotatable bonds is 2. The summed E-state index contributed by atoms with van der Waals surface area (Å²) in [7, 11) is 0. The van der Waals surface area contributed by atoms with Gasteiger partial charge in [0, 0.05) is 38.4 Å². The highest BCUT2D eigenvalue weighted by Crippen LogP contribution is 2.26. The second-order valence-corrected chi connectivity index (χ2v) is 6.10. The first-order valence-corrected chi connectivity index (χ1v) is 8.03. The molecule has 2 fully saturated rings. The van der Waals surface area contributed by atoms with Crippen LogP contribution in [0.25, 0.3) is 0 Å². The smallest absolute Gasteiger partial charge is 0.0738 e. The molecule has 1 saturated carbocycles. The maximum atomic E-state index is 6.03. The Bertz CT molecular complexity index is 418. The van der Waals surface area contributed by atoms with E-state index in [0.29, 0.717) is 0 Å². The fourth-order valence-electron chi connectivity index (χ4n) is 3.64. The van der Waals surface area contributed by atoms with Gasteiger partial charge in [0.15, 0.2) is 0 Å². The number of nitrogen functional groups attached to an aromatic ring is 1. The van der Waals surface area contributed by atoms with Crippen LogP contribution in [0.1, 0.15) is 38.5 Å². The number of hydrogen-bond donors (Lipinski definition) is 1. The summed E-state index contributed by atoms with van der Waals surface area (Å²) in [5.74, 6) is 0. The number of nitrogens with two attached hydrogens (primary N) is 1. The van der Waals surface area contributed by atoms with Crippen LogP contribution in [0.15, 0.2) is 18.5 Å². The number of hydrogen-bond acceptors (Lipinski definition) is 4. The van der Waals surface area contributed by atoms with Gasteiger partial charge in [0.1, 0.15) is 0 Å². The molecule has 2 N–H and O–H groups in total. The van der Waals surface area contributed by atoms with Crippen molar-refractivity contribution in [2.24, 2.45) is 0 Å². The largest absolute Gasteiger partial charge is 0.396 e. The molecule has 0 spiro atoms. The molecule has 1 saturated heterocycles. The molecule has 1 aromatic rings. The quantitative estimate of drug-likeness (QED) is 0.842. The number of anilines is 2. The van der Waals surface area contributed by atoms with Gasteiger partial charge in [-0.1, -0.05) is 25.7 Å². The van der Waals surface area contributed by atoms with Gasteiger partial charge in [-0.25, -0.2) is 0 Å². The van der Waals surface area contributed by atoms with E-state index in [1.54, 1.807) is 6.20 Å². The molecule has 1 aliphatic carbocycles. The topological polar surface area (TPSA) is 45.4 Å². The van der Waals surface area contributed by atoms with E-state index in [-0.39, 0.29) is 0 Å². The van der Waals surface area contributed by atoms with Crippen LogP contribution in [0, 0.1) is 0 Å². The molecule has 0 aromatic carbocycles. The first kappa shape index (κ1) is 13.7. The van der Waals surface area contributed by atoms with Crippen molar-refractivity contribution >= 4 is 11.4 Å². The highest BCUT2D eigenvalue weighted by atomic mass is 15.3. The van der Waals surface area contributed by atoms with Gasteiger partial charge in [-0.3, -0.25) is 9.88 Å². The molecule has 4 nitrogen and oxygen atoms in total. The van der Waals surface area contributed by atoms with Gasteiger partial charge in [-0.15, -0.1) is 0 Å². The third kappa shape index (κ3) is 3.06. The fourth-order valence-corrected chi connectivity index (χ4v) is 3.64. The van der Waals surface area contributed by atoms with Crippen molar-refractivity contribution in [1.29, 1.82) is 0 Å². The molecule has 1 aliphatic heterocycles. The van der Waals surface area contributed by atoms with E-state index in [1.807, 2.05) is 12.3 Å². The summed E-state index contributed by atoms with van der Waals surface area (Å²) in [5, 5.41) is 0. The van der Waals surface area contributed by atoms with E-state index in [2.05, 4.69) is 14.8 Å². The van der Waals surface area contributed by atoms with E-state index in [4.69, 9.17) is 5.73 Å². The predicted octanol–water partition coefficient (Wildman–Crippen LogP) is 2.51. The zero-order valence-corrected chi connectivity index (χ0v) is 12.3. The van der Waals surface area contributed by atoms with Crippen molar-refractivity contribution in [1.82, 2.24) is 9.88 Å². The van der Waals surface area contributed by atoms with Crippen molar-refractivity contribution in [3.63, 3.8) is 0 Å². The van der Waals surface area contributed by atoms with Crippen LogP contribution in [0.5, 0.6) is 0 Å². The molecule has 2 heterocycles. The average molecular weight is 274 g/mol. The summed E-state index contributed by atoms with van der Waals surface area (Å²) in [6.07, 6.45) is 12.1. The molecular formula is C16H26N4. The fraction of sp³-hybridized carbons (Fsp3) is 0.688. The number of pyridine rings is 1. The summed E-state index contributed by atoms with van der Waals surface area (Å²) in [5.41, 5.74) is 7.99. The summed E-state index contributed by atoms with van der Waals surface area (Å²) in [6, 6.07) is 2.87. The van der Waals surface area contributed by atoms with E-state index in [9.17, 15) is 0 Å². The van der Waals surface area contributed by atoms with Gasteiger partial charge < -0.3 is 10.6 Å². The standard InChI is InChI=1S/C16H26N4/c17-15-13-18-8-7-16(15)20-11-9-19(10-12-20)14-5-3-1-2-4-6-14/h7-8,13-14H,1-6,9-12,17H2. The molecule has 110 valence electrons. The van der Waals surface area contributed by atoms with E-state index in [1.165, 1.54) is 51.6 Å². The lowest BCUT2D eigenvalue weighted by molar-refractivity contribution is 0.169. The number of piperazine rings is 1. The van der Waals surface area contributed by atoms with E-state index < -0.39 is 0 Å². The van der Waals surface area contributed by atoms with Crippen molar-refractivity contribution < 1.29 is 0 Å². The molecule has 0 unspecified atom stereocenters. The van der Waals surface area contributed by atoms with Gasteiger partial charge in [0.2, 0.25) is 0 Å². The number of nitrogens with zero attached hydrogens (tertiary/aromatic N) is 3. The Balaban J connectivity index is 1.58. The first-order valence-electron chi connectivity index (χ1n) is 8.03. The van der Waals surface area contributed by atoms with Crippen molar-refractivity contribution in [3.8, 4) is 0 Å². The summed E-state index contributed by atoms with van der Waals surface area (Å²) < 4.78 is 0. The molecule has 20 heavy (non-hydrogen) atoms. The summed E-state index contributed by atoms with van der Waals surface area (Å²) in [4.78, 5) is 9.19. The van der Waals surface area contributed by atoms with Crippen LogP contribution in [-0.4, -0.2) is 42.1 Å². The minimum atomic E-state index is 0.801. The third-order valence-electron chi connectivity index (χ3n) is 4.82. The summed E-state index contributed by atoms with van der Waals surface area (Å²) in [6.45, 7) is 4.52. The van der Waals surface area contributed by atoms with Gasteiger partial charge in [-0.2, -0.15) is 0 Å². The molecule has 0 bridgehead atoms. The third-order valence-corrected chi connectivity index (χ3v) is 4.82. The Morgan fingerprint density at radius 2 is 1.70 bits per heavy atom. The highest BCUT2D eigenvalue weighted by molar-refractivity contribution is 5.66. The molecular weight excluding hydrogens is 248 g/mol. The van der Waals surface area contributed by atoms with Crippen molar-refractivity contribution in [2.45, 2.75) is 44.6 Å². The molecule has 0 radical (unpaired) electrons. The average Bonchev–Trinajstić information content (AvgIpc) is 2.77. The Kier molecular flexibility index (Phi) is 4.41. The Morgan fingerprint density at radius 1 is 1.00 bits per heavy atom. The van der Waals surface area contributed by atoms with Crippen LogP contribution in [0.4, 0.5) is 11.4 Å². The van der Waals surface area contributed by atoms with Crippen LogP contribution in [0.3, 0.4) is 0 Å². The lowest BCUT2D eigenvalue weighted by atomic mass is 10.1. The first-order chi connectivity index (χ1) is 9.84. The normalized spacial score (nSPS) is 22.7. The minimum absolute atomic E-state index is 0.801. The zero-order valence-electron chi connectivity index (χ0n) is 12.3. The maximum Gasteiger partial charge on any atom is 0.0738 e. The highest BCUT2D eigenvalue weighted by Gasteiger charge is 2.25. The lowest BCUT2D eigenvalue weighted by Crippen LogP contribution is -2.50. The van der Waals surface area contributed by atoms with Crippen molar-refractivity contribution in [2.75, 3.05) is 36.8 Å². The Morgan fingerprint density at radius 3 is 2.35 bits per heavy atom. The lowest BCUT2D eigenvalue weighted by Gasteiger charge is -2.40.